The van der Waals surface area contributed by atoms with Crippen molar-refractivity contribution in [2.75, 3.05) is 11.9 Å². The molecular formula is C16H19NO3. The maximum atomic E-state index is 11.9. The van der Waals surface area contributed by atoms with E-state index in [0.29, 0.717) is 23.8 Å². The normalized spacial score (nSPS) is 10.2. The highest BCUT2D eigenvalue weighted by molar-refractivity contribution is 5.93. The van der Waals surface area contributed by atoms with Crippen LogP contribution in [0, 0.1) is 0 Å². The number of nitrogens with one attached hydrogen (secondary N) is 1. The fraction of sp³-hybridized carbons (Fsp3) is 0.312. The van der Waals surface area contributed by atoms with E-state index in [9.17, 15) is 4.79 Å². The molecule has 1 aromatic carbocycles. The minimum Gasteiger partial charge on any atom is -0.491 e. The van der Waals surface area contributed by atoms with Crippen LogP contribution < -0.4 is 10.1 Å². The molecule has 0 bridgehead atoms. The SMILES string of the molecule is CCCCOc1ccccc1NC(=O)Cc1ccco1. The van der Waals surface area contributed by atoms with Crippen molar-refractivity contribution in [3.63, 3.8) is 0 Å². The molecule has 2 aromatic rings. The number of furan rings is 1. The molecule has 4 heteroatoms. The third-order valence-electron chi connectivity index (χ3n) is 2.83. The molecule has 0 unspecified atom stereocenters. The Morgan fingerprint density at radius 1 is 1.25 bits per heavy atom. The molecule has 106 valence electrons. The van der Waals surface area contributed by atoms with Crippen LogP contribution in [0.3, 0.4) is 0 Å². The molecule has 0 fully saturated rings. The number of carbonyl (C=O) groups is 1. The van der Waals surface area contributed by atoms with Gasteiger partial charge in [-0.15, -0.1) is 0 Å². The van der Waals surface area contributed by atoms with E-state index in [1.165, 1.54) is 0 Å². The highest BCUT2D eigenvalue weighted by atomic mass is 16.5. The molecule has 0 aliphatic rings. The first-order chi connectivity index (χ1) is 9.79. The van der Waals surface area contributed by atoms with E-state index in [1.54, 1.807) is 18.4 Å². The lowest BCUT2D eigenvalue weighted by Crippen LogP contribution is -2.15. The fourth-order valence-corrected chi connectivity index (χ4v) is 1.79. The van der Waals surface area contributed by atoms with E-state index in [1.807, 2.05) is 24.3 Å². The fourth-order valence-electron chi connectivity index (χ4n) is 1.79. The van der Waals surface area contributed by atoms with Crippen molar-refractivity contribution in [2.24, 2.45) is 0 Å². The third kappa shape index (κ3) is 4.16. The van der Waals surface area contributed by atoms with E-state index in [4.69, 9.17) is 9.15 Å². The summed E-state index contributed by atoms with van der Waals surface area (Å²) in [6.07, 6.45) is 3.85. The molecule has 1 heterocycles. The number of para-hydroxylation sites is 2. The van der Waals surface area contributed by atoms with E-state index >= 15 is 0 Å². The Morgan fingerprint density at radius 2 is 2.10 bits per heavy atom. The maximum Gasteiger partial charge on any atom is 0.232 e. The Bertz CT molecular complexity index is 534. The molecule has 20 heavy (non-hydrogen) atoms. The number of anilines is 1. The Hall–Kier alpha value is -2.23. The molecule has 0 aliphatic heterocycles. The van der Waals surface area contributed by atoms with Crippen molar-refractivity contribution in [2.45, 2.75) is 26.2 Å². The summed E-state index contributed by atoms with van der Waals surface area (Å²) in [5.74, 6) is 1.23. The average Bonchev–Trinajstić information content (AvgIpc) is 2.93. The Morgan fingerprint density at radius 3 is 2.85 bits per heavy atom. The van der Waals surface area contributed by atoms with Crippen LogP contribution in [0.1, 0.15) is 25.5 Å². The summed E-state index contributed by atoms with van der Waals surface area (Å²) in [6, 6.07) is 11.0. The van der Waals surface area contributed by atoms with Gasteiger partial charge in [0.2, 0.25) is 5.91 Å². The average molecular weight is 273 g/mol. The van der Waals surface area contributed by atoms with Crippen LogP contribution >= 0.6 is 0 Å². The van der Waals surface area contributed by atoms with Gasteiger partial charge in [0.05, 0.1) is 25.0 Å². The van der Waals surface area contributed by atoms with Crippen LogP contribution in [0.15, 0.2) is 47.1 Å². The molecule has 1 N–H and O–H groups in total. The quantitative estimate of drug-likeness (QED) is 0.783. The smallest absolute Gasteiger partial charge is 0.232 e. The van der Waals surface area contributed by atoms with Gasteiger partial charge in [0, 0.05) is 0 Å². The van der Waals surface area contributed by atoms with E-state index in [0.717, 1.165) is 12.8 Å². The second-order valence-electron chi connectivity index (χ2n) is 4.50. The summed E-state index contributed by atoms with van der Waals surface area (Å²) >= 11 is 0. The van der Waals surface area contributed by atoms with Gasteiger partial charge >= 0.3 is 0 Å². The zero-order valence-corrected chi connectivity index (χ0v) is 11.6. The van der Waals surface area contributed by atoms with Crippen molar-refractivity contribution < 1.29 is 13.9 Å². The molecule has 1 aromatic heterocycles. The molecule has 2 rings (SSSR count). The zero-order valence-electron chi connectivity index (χ0n) is 11.6. The lowest BCUT2D eigenvalue weighted by Gasteiger charge is -2.11. The number of amides is 1. The number of hydrogen-bond donors (Lipinski definition) is 1. The van der Waals surface area contributed by atoms with Gasteiger partial charge in [-0.2, -0.15) is 0 Å². The Kier molecular flexibility index (Phi) is 5.24. The summed E-state index contributed by atoms with van der Waals surface area (Å²) in [5.41, 5.74) is 0.695. The summed E-state index contributed by atoms with van der Waals surface area (Å²) in [6.45, 7) is 2.77. The van der Waals surface area contributed by atoms with Crippen LogP contribution in [0.2, 0.25) is 0 Å². The van der Waals surface area contributed by atoms with Crippen molar-refractivity contribution in [1.82, 2.24) is 0 Å². The van der Waals surface area contributed by atoms with Crippen LogP contribution in [0.4, 0.5) is 5.69 Å². The predicted octanol–water partition coefficient (Wildman–Crippen LogP) is 3.64. The van der Waals surface area contributed by atoms with Crippen LogP contribution in [0.25, 0.3) is 0 Å². The first-order valence-electron chi connectivity index (χ1n) is 6.83. The first kappa shape index (κ1) is 14.2. The molecule has 0 aliphatic carbocycles. The molecular weight excluding hydrogens is 254 g/mol. The van der Waals surface area contributed by atoms with Gasteiger partial charge in [-0.1, -0.05) is 25.5 Å². The summed E-state index contributed by atoms with van der Waals surface area (Å²) < 4.78 is 10.8. The lowest BCUT2D eigenvalue weighted by molar-refractivity contribution is -0.115. The van der Waals surface area contributed by atoms with Crippen LogP contribution in [0.5, 0.6) is 5.75 Å². The standard InChI is InChI=1S/C16H19NO3/c1-2-3-10-20-15-9-5-4-8-14(15)17-16(18)12-13-7-6-11-19-13/h4-9,11H,2-3,10,12H2,1H3,(H,17,18). The van der Waals surface area contributed by atoms with Gasteiger partial charge in [0.15, 0.2) is 0 Å². The van der Waals surface area contributed by atoms with Gasteiger partial charge in [-0.3, -0.25) is 4.79 Å². The third-order valence-corrected chi connectivity index (χ3v) is 2.83. The summed E-state index contributed by atoms with van der Waals surface area (Å²) in [4.78, 5) is 11.9. The molecule has 1 amide bonds. The van der Waals surface area contributed by atoms with Crippen LogP contribution in [-0.2, 0) is 11.2 Å². The second kappa shape index (κ2) is 7.38. The van der Waals surface area contributed by atoms with Crippen molar-refractivity contribution in [3.8, 4) is 5.75 Å². The topological polar surface area (TPSA) is 51.5 Å². The van der Waals surface area contributed by atoms with Gasteiger partial charge < -0.3 is 14.5 Å². The number of unbranched alkanes of at least 4 members (excludes halogenated alkanes) is 1. The predicted molar refractivity (Wildman–Crippen MR) is 77.9 cm³/mol. The van der Waals surface area contributed by atoms with E-state index in [2.05, 4.69) is 12.2 Å². The van der Waals surface area contributed by atoms with Gasteiger partial charge in [0.1, 0.15) is 11.5 Å². The van der Waals surface area contributed by atoms with Crippen LogP contribution in [-0.4, -0.2) is 12.5 Å². The maximum absolute atomic E-state index is 11.9. The Balaban J connectivity index is 1.95. The van der Waals surface area contributed by atoms with Crippen molar-refractivity contribution in [1.29, 1.82) is 0 Å². The Labute approximate surface area is 118 Å². The van der Waals surface area contributed by atoms with Crippen molar-refractivity contribution >= 4 is 11.6 Å². The molecule has 4 nitrogen and oxygen atoms in total. The number of hydrogen-bond acceptors (Lipinski definition) is 3. The van der Waals surface area contributed by atoms with E-state index < -0.39 is 0 Å². The minimum atomic E-state index is -0.119. The monoisotopic (exact) mass is 273 g/mol. The van der Waals surface area contributed by atoms with Crippen molar-refractivity contribution in [3.05, 3.63) is 48.4 Å². The lowest BCUT2D eigenvalue weighted by atomic mass is 10.2. The van der Waals surface area contributed by atoms with Gasteiger partial charge in [-0.05, 0) is 30.7 Å². The second-order valence-corrected chi connectivity index (χ2v) is 4.50. The molecule has 0 spiro atoms. The summed E-state index contributed by atoms with van der Waals surface area (Å²) in [5, 5.41) is 2.85. The minimum absolute atomic E-state index is 0.119. The molecule has 0 radical (unpaired) electrons. The van der Waals surface area contributed by atoms with E-state index in [-0.39, 0.29) is 12.3 Å². The van der Waals surface area contributed by atoms with Gasteiger partial charge in [-0.25, -0.2) is 0 Å². The molecule has 0 atom stereocenters. The zero-order chi connectivity index (χ0) is 14.2. The largest absolute Gasteiger partial charge is 0.491 e. The first-order valence-corrected chi connectivity index (χ1v) is 6.83. The molecule has 0 saturated heterocycles. The number of carbonyl (C=O) groups excluding carboxylic acids is 1. The number of ether oxygens (including phenoxy) is 1. The molecule has 0 saturated carbocycles. The number of benzene rings is 1. The van der Waals surface area contributed by atoms with Gasteiger partial charge in [0.25, 0.3) is 0 Å². The highest BCUT2D eigenvalue weighted by Gasteiger charge is 2.09. The number of rotatable bonds is 7. The highest BCUT2D eigenvalue weighted by Crippen LogP contribution is 2.24. The summed E-state index contributed by atoms with van der Waals surface area (Å²) in [7, 11) is 0.